The molecular weight excluding hydrogens is 248 g/mol. The van der Waals surface area contributed by atoms with Gasteiger partial charge in [-0.2, -0.15) is 0 Å². The lowest BCUT2D eigenvalue weighted by atomic mass is 10.1. The molecule has 1 amide bonds. The molecule has 0 saturated carbocycles. The summed E-state index contributed by atoms with van der Waals surface area (Å²) in [6.45, 7) is 3.96. The first-order valence-electron chi connectivity index (χ1n) is 5.88. The molecule has 0 atom stereocenters. The van der Waals surface area contributed by atoms with E-state index < -0.39 is 5.97 Å². The number of amides is 1. The fraction of sp³-hybridized carbons (Fsp3) is 0.385. The zero-order chi connectivity index (χ0) is 14.4. The number of methoxy groups -OCH3 is 1. The smallest absolute Gasteiger partial charge is 0.337 e. The highest BCUT2D eigenvalue weighted by Crippen LogP contribution is 2.22. The average molecular weight is 266 g/mol. The molecule has 0 aliphatic rings. The number of ether oxygens (including phenoxy) is 1. The minimum atomic E-state index is -1.10. The van der Waals surface area contributed by atoms with Crippen molar-refractivity contribution in [1.29, 1.82) is 0 Å². The Morgan fingerprint density at radius 2 is 2.05 bits per heavy atom. The van der Waals surface area contributed by atoms with Gasteiger partial charge in [0.15, 0.2) is 0 Å². The van der Waals surface area contributed by atoms with Gasteiger partial charge in [-0.1, -0.05) is 13.8 Å². The number of hydrogen-bond donors (Lipinski definition) is 3. The highest BCUT2D eigenvalue weighted by molar-refractivity contribution is 6.01. The lowest BCUT2D eigenvalue weighted by molar-refractivity contribution is -0.115. The van der Waals surface area contributed by atoms with Crippen LogP contribution in [0.2, 0.25) is 0 Å². The van der Waals surface area contributed by atoms with E-state index in [0.717, 1.165) is 0 Å². The van der Waals surface area contributed by atoms with Gasteiger partial charge in [0.25, 0.3) is 0 Å². The van der Waals surface area contributed by atoms with E-state index in [4.69, 9.17) is 9.84 Å². The first-order chi connectivity index (χ1) is 8.93. The molecule has 104 valence electrons. The highest BCUT2D eigenvalue weighted by atomic mass is 16.5. The summed E-state index contributed by atoms with van der Waals surface area (Å²) >= 11 is 0. The van der Waals surface area contributed by atoms with E-state index >= 15 is 0 Å². The molecule has 6 heteroatoms. The number of carboxylic acid groups (broad SMARTS) is 1. The van der Waals surface area contributed by atoms with Gasteiger partial charge in [0.05, 0.1) is 24.9 Å². The van der Waals surface area contributed by atoms with Gasteiger partial charge < -0.3 is 20.5 Å². The Labute approximate surface area is 111 Å². The molecule has 0 aliphatic heterocycles. The minimum absolute atomic E-state index is 0.0266. The van der Waals surface area contributed by atoms with Gasteiger partial charge in [-0.25, -0.2) is 4.79 Å². The number of benzene rings is 1. The van der Waals surface area contributed by atoms with E-state index in [0.29, 0.717) is 5.75 Å². The average Bonchev–Trinajstić information content (AvgIpc) is 2.35. The molecule has 0 fully saturated rings. The molecule has 0 radical (unpaired) electrons. The van der Waals surface area contributed by atoms with Crippen molar-refractivity contribution in [3.05, 3.63) is 23.8 Å². The maximum atomic E-state index is 11.7. The van der Waals surface area contributed by atoms with Crippen molar-refractivity contribution < 1.29 is 19.4 Å². The quantitative estimate of drug-likeness (QED) is 0.723. The molecule has 0 saturated heterocycles. The fourth-order valence-corrected chi connectivity index (χ4v) is 1.43. The van der Waals surface area contributed by atoms with Crippen LogP contribution in [0.1, 0.15) is 24.2 Å². The maximum Gasteiger partial charge on any atom is 0.337 e. The number of carboxylic acids is 1. The van der Waals surface area contributed by atoms with Crippen LogP contribution < -0.4 is 15.4 Å². The number of carbonyl (C=O) groups excluding carboxylic acids is 1. The van der Waals surface area contributed by atoms with Crippen molar-refractivity contribution >= 4 is 17.6 Å². The van der Waals surface area contributed by atoms with Crippen LogP contribution in [-0.2, 0) is 4.79 Å². The summed E-state index contributed by atoms with van der Waals surface area (Å²) in [5, 5.41) is 14.6. The lowest BCUT2D eigenvalue weighted by Gasteiger charge is -2.12. The van der Waals surface area contributed by atoms with E-state index in [1.54, 1.807) is 0 Å². The van der Waals surface area contributed by atoms with Gasteiger partial charge in [-0.05, 0) is 12.1 Å². The summed E-state index contributed by atoms with van der Waals surface area (Å²) in [4.78, 5) is 22.7. The topological polar surface area (TPSA) is 87.7 Å². The largest absolute Gasteiger partial charge is 0.497 e. The fourth-order valence-electron chi connectivity index (χ4n) is 1.43. The van der Waals surface area contributed by atoms with E-state index in [1.165, 1.54) is 25.3 Å². The Morgan fingerprint density at radius 1 is 1.37 bits per heavy atom. The van der Waals surface area contributed by atoms with Crippen LogP contribution in [0, 0.1) is 0 Å². The summed E-state index contributed by atoms with van der Waals surface area (Å²) in [6.07, 6.45) is 0. The van der Waals surface area contributed by atoms with Gasteiger partial charge in [0.1, 0.15) is 5.75 Å². The molecule has 0 unspecified atom stereocenters. The predicted molar refractivity (Wildman–Crippen MR) is 71.7 cm³/mol. The molecule has 1 rings (SSSR count). The maximum absolute atomic E-state index is 11.7. The van der Waals surface area contributed by atoms with Crippen LogP contribution in [0.25, 0.3) is 0 Å². The van der Waals surface area contributed by atoms with Crippen molar-refractivity contribution in [3.63, 3.8) is 0 Å². The lowest BCUT2D eigenvalue weighted by Crippen LogP contribution is -2.33. The Morgan fingerprint density at radius 3 is 2.58 bits per heavy atom. The standard InChI is InChI=1S/C13H18N2O4/c1-8(2)14-7-12(16)15-11-6-9(19-3)4-5-10(11)13(17)18/h4-6,8,14H,7H2,1-3H3,(H,15,16)(H,17,18). The summed E-state index contributed by atoms with van der Waals surface area (Å²) in [5.41, 5.74) is 0.251. The molecule has 3 N–H and O–H groups in total. The third-order valence-corrected chi connectivity index (χ3v) is 2.40. The highest BCUT2D eigenvalue weighted by Gasteiger charge is 2.13. The second kappa shape index (κ2) is 6.75. The Bertz CT molecular complexity index is 472. The number of nitrogens with one attached hydrogen (secondary N) is 2. The number of carbonyl (C=O) groups is 2. The summed E-state index contributed by atoms with van der Waals surface area (Å²) in [6, 6.07) is 4.59. The zero-order valence-corrected chi connectivity index (χ0v) is 11.2. The molecule has 0 aromatic heterocycles. The molecule has 0 bridgehead atoms. The predicted octanol–water partition coefficient (Wildman–Crippen LogP) is 1.33. The van der Waals surface area contributed by atoms with E-state index in [1.807, 2.05) is 13.8 Å². The Hall–Kier alpha value is -2.08. The van der Waals surface area contributed by atoms with Crippen LogP contribution in [0.15, 0.2) is 18.2 Å². The molecule has 6 nitrogen and oxygen atoms in total. The third-order valence-electron chi connectivity index (χ3n) is 2.40. The van der Waals surface area contributed by atoms with Gasteiger partial charge in [-0.15, -0.1) is 0 Å². The molecule has 0 aliphatic carbocycles. The molecular formula is C13H18N2O4. The van der Waals surface area contributed by atoms with Crippen LogP contribution >= 0.6 is 0 Å². The first kappa shape index (κ1) is 15.0. The van der Waals surface area contributed by atoms with Gasteiger partial charge in [-0.3, -0.25) is 4.79 Å². The zero-order valence-electron chi connectivity index (χ0n) is 11.2. The summed E-state index contributed by atoms with van der Waals surface area (Å²) in [7, 11) is 1.47. The second-order valence-electron chi connectivity index (χ2n) is 4.30. The van der Waals surface area contributed by atoms with Crippen molar-refractivity contribution in [1.82, 2.24) is 5.32 Å². The van der Waals surface area contributed by atoms with Gasteiger partial charge in [0, 0.05) is 12.1 Å². The second-order valence-corrected chi connectivity index (χ2v) is 4.30. The van der Waals surface area contributed by atoms with Crippen LogP contribution in [0.5, 0.6) is 5.75 Å². The van der Waals surface area contributed by atoms with Crippen LogP contribution in [-0.4, -0.2) is 36.7 Å². The van der Waals surface area contributed by atoms with Crippen molar-refractivity contribution in [2.45, 2.75) is 19.9 Å². The van der Waals surface area contributed by atoms with Gasteiger partial charge >= 0.3 is 5.97 Å². The van der Waals surface area contributed by atoms with E-state index in [9.17, 15) is 9.59 Å². The molecule has 19 heavy (non-hydrogen) atoms. The third kappa shape index (κ3) is 4.59. The van der Waals surface area contributed by atoms with Crippen LogP contribution in [0.4, 0.5) is 5.69 Å². The number of anilines is 1. The molecule has 1 aromatic rings. The number of hydrogen-bond acceptors (Lipinski definition) is 4. The van der Waals surface area contributed by atoms with Crippen molar-refractivity contribution in [2.75, 3.05) is 19.0 Å². The molecule has 1 aromatic carbocycles. The molecule has 0 spiro atoms. The normalized spacial score (nSPS) is 10.3. The monoisotopic (exact) mass is 266 g/mol. The summed E-state index contributed by atoms with van der Waals surface area (Å²) in [5.74, 6) is -0.920. The molecule has 0 heterocycles. The van der Waals surface area contributed by atoms with Crippen LogP contribution in [0.3, 0.4) is 0 Å². The van der Waals surface area contributed by atoms with Gasteiger partial charge in [0.2, 0.25) is 5.91 Å². The number of aromatic carboxylic acids is 1. The Kier molecular flexibility index (Phi) is 5.32. The Balaban J connectivity index is 2.85. The summed E-state index contributed by atoms with van der Waals surface area (Å²) < 4.78 is 5.01. The van der Waals surface area contributed by atoms with E-state index in [2.05, 4.69) is 10.6 Å². The SMILES string of the molecule is COc1ccc(C(=O)O)c(NC(=O)CNC(C)C)c1. The van der Waals surface area contributed by atoms with Crippen molar-refractivity contribution in [3.8, 4) is 5.75 Å². The number of rotatable bonds is 6. The minimum Gasteiger partial charge on any atom is -0.497 e. The van der Waals surface area contributed by atoms with E-state index in [-0.39, 0.29) is 29.7 Å². The first-order valence-corrected chi connectivity index (χ1v) is 5.88. The van der Waals surface area contributed by atoms with Crippen molar-refractivity contribution in [2.24, 2.45) is 0 Å².